The zero-order valence-electron chi connectivity index (χ0n) is 17.9. The fraction of sp³-hybridized carbons (Fsp3) is 0.125. The number of esters is 1. The molecule has 34 heavy (non-hydrogen) atoms. The molecule has 0 radical (unpaired) electrons. The molecule has 0 unspecified atom stereocenters. The third kappa shape index (κ3) is 5.01. The SMILES string of the molecule is CCOC(=O)c1n[nH]c2cc(-c3ccc(NC(=O)Nc4cccc(C(F)(F)F)c4)cc3)ccc12. The van der Waals surface area contributed by atoms with Crippen molar-refractivity contribution in [3.8, 4) is 11.1 Å². The van der Waals surface area contributed by atoms with Crippen LogP contribution in [0.15, 0.2) is 66.7 Å². The Morgan fingerprint density at radius 1 is 0.941 bits per heavy atom. The fourth-order valence-electron chi connectivity index (χ4n) is 3.37. The molecule has 0 aliphatic rings. The molecule has 0 aliphatic carbocycles. The molecule has 1 aromatic heterocycles. The van der Waals surface area contributed by atoms with Gasteiger partial charge in [0.15, 0.2) is 5.69 Å². The third-order valence-electron chi connectivity index (χ3n) is 4.96. The lowest BCUT2D eigenvalue weighted by Gasteiger charge is -2.11. The van der Waals surface area contributed by atoms with Gasteiger partial charge in [-0.3, -0.25) is 5.10 Å². The summed E-state index contributed by atoms with van der Waals surface area (Å²) >= 11 is 0. The lowest BCUT2D eigenvalue weighted by atomic mass is 10.0. The first kappa shape index (κ1) is 22.8. The predicted octanol–water partition coefficient (Wildman–Crippen LogP) is 6.07. The Bertz CT molecular complexity index is 1350. The Labute approximate surface area is 191 Å². The molecule has 1 heterocycles. The van der Waals surface area contributed by atoms with Gasteiger partial charge in [0.25, 0.3) is 0 Å². The molecule has 0 spiro atoms. The molecular weight excluding hydrogens is 449 g/mol. The van der Waals surface area contributed by atoms with E-state index in [2.05, 4.69) is 20.8 Å². The van der Waals surface area contributed by atoms with Crippen LogP contribution >= 0.6 is 0 Å². The number of nitrogens with zero attached hydrogens (tertiary/aromatic N) is 1. The van der Waals surface area contributed by atoms with Crippen LogP contribution in [0, 0.1) is 0 Å². The molecule has 3 N–H and O–H groups in total. The van der Waals surface area contributed by atoms with Crippen LogP contribution in [0.25, 0.3) is 22.0 Å². The van der Waals surface area contributed by atoms with Gasteiger partial charge in [0, 0.05) is 16.8 Å². The van der Waals surface area contributed by atoms with Crippen molar-refractivity contribution in [1.82, 2.24) is 10.2 Å². The zero-order chi connectivity index (χ0) is 24.3. The molecule has 4 aromatic rings. The Balaban J connectivity index is 1.44. The van der Waals surface area contributed by atoms with Crippen molar-refractivity contribution in [3.63, 3.8) is 0 Å². The summed E-state index contributed by atoms with van der Waals surface area (Å²) < 4.78 is 43.5. The summed E-state index contributed by atoms with van der Waals surface area (Å²) in [5, 5.41) is 12.5. The molecule has 10 heteroatoms. The van der Waals surface area contributed by atoms with E-state index in [9.17, 15) is 22.8 Å². The van der Waals surface area contributed by atoms with Crippen molar-refractivity contribution >= 4 is 34.3 Å². The number of ether oxygens (including phenoxy) is 1. The smallest absolute Gasteiger partial charge is 0.416 e. The molecule has 3 aromatic carbocycles. The number of amides is 2. The van der Waals surface area contributed by atoms with Crippen molar-refractivity contribution in [2.75, 3.05) is 17.2 Å². The minimum absolute atomic E-state index is 0.0268. The maximum Gasteiger partial charge on any atom is 0.416 e. The lowest BCUT2D eigenvalue weighted by molar-refractivity contribution is -0.137. The van der Waals surface area contributed by atoms with Gasteiger partial charge >= 0.3 is 18.2 Å². The second kappa shape index (κ2) is 9.26. The standard InChI is InChI=1S/C24H19F3N4O3/c1-2-34-22(32)21-19-11-8-15(12-20(19)30-31-21)14-6-9-17(10-7-14)28-23(33)29-18-5-3-4-16(13-18)24(25,26)27/h3-13H,2H2,1H3,(H,30,31)(H2,28,29,33). The molecule has 0 fully saturated rings. The van der Waals surface area contributed by atoms with E-state index in [0.717, 1.165) is 23.3 Å². The van der Waals surface area contributed by atoms with E-state index in [1.807, 2.05) is 12.1 Å². The zero-order valence-corrected chi connectivity index (χ0v) is 17.9. The number of carbonyl (C=O) groups is 2. The number of benzene rings is 3. The van der Waals surface area contributed by atoms with Crippen LogP contribution in [0.2, 0.25) is 0 Å². The summed E-state index contributed by atoms with van der Waals surface area (Å²) in [5.41, 5.74) is 2.22. The number of alkyl halides is 3. The van der Waals surface area contributed by atoms with Crippen molar-refractivity contribution in [1.29, 1.82) is 0 Å². The summed E-state index contributed by atoms with van der Waals surface area (Å²) in [5.74, 6) is -0.500. The number of hydrogen-bond donors (Lipinski definition) is 3. The summed E-state index contributed by atoms with van der Waals surface area (Å²) in [6.07, 6.45) is -4.50. The lowest BCUT2D eigenvalue weighted by Crippen LogP contribution is -2.19. The summed E-state index contributed by atoms with van der Waals surface area (Å²) in [4.78, 5) is 24.2. The maximum atomic E-state index is 12.8. The molecule has 174 valence electrons. The number of hydrogen-bond acceptors (Lipinski definition) is 4. The molecule has 0 aliphatic heterocycles. The molecule has 2 amide bonds. The van der Waals surface area contributed by atoms with Crippen LogP contribution in [0.4, 0.5) is 29.3 Å². The average Bonchev–Trinajstić information content (AvgIpc) is 3.23. The Kier molecular flexibility index (Phi) is 6.22. The third-order valence-corrected chi connectivity index (χ3v) is 4.96. The first-order valence-electron chi connectivity index (χ1n) is 10.3. The van der Waals surface area contributed by atoms with Gasteiger partial charge in [-0.2, -0.15) is 18.3 Å². The molecule has 0 atom stereocenters. The van der Waals surface area contributed by atoms with E-state index in [1.54, 1.807) is 37.3 Å². The van der Waals surface area contributed by atoms with Gasteiger partial charge in [-0.05, 0) is 60.5 Å². The number of aromatic amines is 1. The van der Waals surface area contributed by atoms with Crippen LogP contribution in [0.3, 0.4) is 0 Å². The molecular formula is C24H19F3N4O3. The maximum absolute atomic E-state index is 12.8. The van der Waals surface area contributed by atoms with E-state index in [1.165, 1.54) is 12.1 Å². The number of halogens is 3. The Hall–Kier alpha value is -4.34. The molecule has 0 saturated carbocycles. The topological polar surface area (TPSA) is 96.1 Å². The number of rotatable bonds is 5. The van der Waals surface area contributed by atoms with Gasteiger partial charge in [0.05, 0.1) is 17.7 Å². The number of nitrogens with one attached hydrogen (secondary N) is 3. The van der Waals surface area contributed by atoms with Gasteiger partial charge in [0.2, 0.25) is 0 Å². The molecule has 0 bridgehead atoms. The highest BCUT2D eigenvalue weighted by molar-refractivity contribution is 6.03. The number of urea groups is 1. The second-order valence-electron chi connectivity index (χ2n) is 7.29. The minimum atomic E-state index is -4.50. The van der Waals surface area contributed by atoms with Crippen LogP contribution in [0.1, 0.15) is 23.0 Å². The van der Waals surface area contributed by atoms with Crippen LogP contribution in [0.5, 0.6) is 0 Å². The van der Waals surface area contributed by atoms with Crippen LogP contribution < -0.4 is 10.6 Å². The van der Waals surface area contributed by atoms with Gasteiger partial charge in [-0.25, -0.2) is 9.59 Å². The van der Waals surface area contributed by atoms with Gasteiger partial charge in [-0.1, -0.05) is 24.3 Å². The van der Waals surface area contributed by atoms with Crippen molar-refractivity contribution in [3.05, 3.63) is 78.0 Å². The van der Waals surface area contributed by atoms with Gasteiger partial charge in [-0.15, -0.1) is 0 Å². The number of fused-ring (bicyclic) bond motifs is 1. The van der Waals surface area contributed by atoms with Crippen LogP contribution in [-0.4, -0.2) is 28.8 Å². The largest absolute Gasteiger partial charge is 0.461 e. The van der Waals surface area contributed by atoms with Crippen molar-refractivity contribution in [2.45, 2.75) is 13.1 Å². The average molecular weight is 468 g/mol. The molecule has 0 saturated heterocycles. The first-order valence-corrected chi connectivity index (χ1v) is 10.3. The highest BCUT2D eigenvalue weighted by Crippen LogP contribution is 2.31. The van der Waals surface area contributed by atoms with Crippen molar-refractivity contribution < 1.29 is 27.5 Å². The van der Waals surface area contributed by atoms with Crippen LogP contribution in [-0.2, 0) is 10.9 Å². The van der Waals surface area contributed by atoms with E-state index < -0.39 is 23.7 Å². The Morgan fingerprint density at radius 3 is 2.35 bits per heavy atom. The quantitative estimate of drug-likeness (QED) is 0.310. The number of carbonyl (C=O) groups excluding carboxylic acids is 2. The molecule has 7 nitrogen and oxygen atoms in total. The summed E-state index contributed by atoms with van der Waals surface area (Å²) in [7, 11) is 0. The highest BCUT2D eigenvalue weighted by Gasteiger charge is 2.30. The minimum Gasteiger partial charge on any atom is -0.461 e. The van der Waals surface area contributed by atoms with E-state index >= 15 is 0 Å². The monoisotopic (exact) mass is 468 g/mol. The number of H-pyrrole nitrogens is 1. The number of aromatic nitrogens is 2. The number of anilines is 2. The molecule has 4 rings (SSSR count). The van der Waals surface area contributed by atoms with Gasteiger partial charge < -0.3 is 15.4 Å². The highest BCUT2D eigenvalue weighted by atomic mass is 19.4. The summed E-state index contributed by atoms with van der Waals surface area (Å²) in [6, 6.07) is 16.1. The van der Waals surface area contributed by atoms with Gasteiger partial charge in [0.1, 0.15) is 0 Å². The Morgan fingerprint density at radius 2 is 1.65 bits per heavy atom. The van der Waals surface area contributed by atoms with Crippen molar-refractivity contribution in [2.24, 2.45) is 0 Å². The predicted molar refractivity (Wildman–Crippen MR) is 122 cm³/mol. The van der Waals surface area contributed by atoms with E-state index in [0.29, 0.717) is 16.6 Å². The fourth-order valence-corrected chi connectivity index (χ4v) is 3.37. The van der Waals surface area contributed by atoms with E-state index in [-0.39, 0.29) is 18.0 Å². The first-order chi connectivity index (χ1) is 16.2. The summed E-state index contributed by atoms with van der Waals surface area (Å²) in [6.45, 7) is 1.97. The second-order valence-corrected chi connectivity index (χ2v) is 7.29. The normalized spacial score (nSPS) is 11.3. The van der Waals surface area contributed by atoms with E-state index in [4.69, 9.17) is 4.74 Å².